The predicted molar refractivity (Wildman–Crippen MR) is 79.4 cm³/mol. The van der Waals surface area contributed by atoms with Gasteiger partial charge in [-0.1, -0.05) is 32.1 Å². The summed E-state index contributed by atoms with van der Waals surface area (Å²) in [6.07, 6.45) is 13.1. The zero-order chi connectivity index (χ0) is 13.3. The molecule has 110 valence electrons. The molecule has 1 spiro atoms. The Bertz CT molecular complexity index is 298. The van der Waals surface area contributed by atoms with Crippen LogP contribution in [0.3, 0.4) is 0 Å². The van der Waals surface area contributed by atoms with Crippen molar-refractivity contribution < 1.29 is 4.74 Å². The van der Waals surface area contributed by atoms with Crippen LogP contribution in [-0.2, 0) is 4.74 Å². The number of nitrogens with zero attached hydrogens (tertiary/aromatic N) is 1. The Balaban J connectivity index is 1.80. The monoisotopic (exact) mass is 265 g/mol. The van der Waals surface area contributed by atoms with Crippen molar-refractivity contribution in [3.05, 3.63) is 0 Å². The molecule has 1 saturated carbocycles. The molecule has 1 aliphatic carbocycles. The van der Waals surface area contributed by atoms with E-state index in [1.165, 1.54) is 57.8 Å². The molecule has 3 rings (SSSR count). The van der Waals surface area contributed by atoms with E-state index in [0.717, 1.165) is 25.2 Å². The first-order valence-electron chi connectivity index (χ1n) is 8.59. The summed E-state index contributed by atoms with van der Waals surface area (Å²) in [7, 11) is 0. The summed E-state index contributed by atoms with van der Waals surface area (Å²) in [6, 6.07) is 1.52. The molecule has 3 fully saturated rings. The van der Waals surface area contributed by atoms with Crippen molar-refractivity contribution in [2.45, 2.75) is 89.3 Å². The first kappa shape index (κ1) is 13.9. The number of fused-ring (bicyclic) bond motifs is 1. The molecule has 0 N–H and O–H groups in total. The highest BCUT2D eigenvalue weighted by Gasteiger charge is 2.52. The Morgan fingerprint density at radius 2 is 1.63 bits per heavy atom. The Labute approximate surface area is 118 Å². The minimum Gasteiger partial charge on any atom is -0.377 e. The number of ether oxygens (including phenoxy) is 1. The average Bonchev–Trinajstić information content (AvgIpc) is 2.46. The quantitative estimate of drug-likeness (QED) is 0.711. The SMILES string of the molecule is CC(C)N1C2CCCCCCCC2CCC12COC2. The van der Waals surface area contributed by atoms with Crippen LogP contribution in [0.4, 0.5) is 0 Å². The van der Waals surface area contributed by atoms with Crippen LogP contribution in [0.1, 0.15) is 71.6 Å². The predicted octanol–water partition coefficient (Wildman–Crippen LogP) is 3.99. The van der Waals surface area contributed by atoms with Gasteiger partial charge in [-0.25, -0.2) is 0 Å². The molecule has 0 bridgehead atoms. The Kier molecular flexibility index (Phi) is 4.19. The lowest BCUT2D eigenvalue weighted by Gasteiger charge is -2.60. The number of likely N-dealkylation sites (tertiary alicyclic amines) is 1. The van der Waals surface area contributed by atoms with Crippen molar-refractivity contribution >= 4 is 0 Å². The zero-order valence-electron chi connectivity index (χ0n) is 12.9. The smallest absolute Gasteiger partial charge is 0.0683 e. The summed E-state index contributed by atoms with van der Waals surface area (Å²) in [5, 5.41) is 0. The van der Waals surface area contributed by atoms with Gasteiger partial charge < -0.3 is 4.74 Å². The molecule has 2 heteroatoms. The van der Waals surface area contributed by atoms with Crippen molar-refractivity contribution in [1.82, 2.24) is 4.90 Å². The molecule has 0 amide bonds. The van der Waals surface area contributed by atoms with E-state index in [-0.39, 0.29) is 0 Å². The van der Waals surface area contributed by atoms with Crippen LogP contribution < -0.4 is 0 Å². The number of rotatable bonds is 1. The molecule has 2 unspecified atom stereocenters. The van der Waals surface area contributed by atoms with Crippen molar-refractivity contribution in [3.8, 4) is 0 Å². The van der Waals surface area contributed by atoms with Crippen molar-refractivity contribution in [2.24, 2.45) is 5.92 Å². The molecule has 3 aliphatic rings. The van der Waals surface area contributed by atoms with E-state index < -0.39 is 0 Å². The van der Waals surface area contributed by atoms with Crippen LogP contribution in [0.2, 0.25) is 0 Å². The largest absolute Gasteiger partial charge is 0.377 e. The molecular weight excluding hydrogens is 234 g/mol. The lowest BCUT2D eigenvalue weighted by atomic mass is 9.73. The molecule has 0 aromatic heterocycles. The van der Waals surface area contributed by atoms with Crippen molar-refractivity contribution in [3.63, 3.8) is 0 Å². The fourth-order valence-electron chi connectivity index (χ4n) is 4.92. The average molecular weight is 265 g/mol. The van der Waals surface area contributed by atoms with Gasteiger partial charge >= 0.3 is 0 Å². The maximum Gasteiger partial charge on any atom is 0.0683 e. The molecule has 2 atom stereocenters. The second-order valence-electron chi connectivity index (χ2n) is 7.43. The van der Waals surface area contributed by atoms with Crippen molar-refractivity contribution in [1.29, 1.82) is 0 Å². The van der Waals surface area contributed by atoms with E-state index >= 15 is 0 Å². The van der Waals surface area contributed by atoms with Crippen LogP contribution in [-0.4, -0.2) is 35.7 Å². The summed E-state index contributed by atoms with van der Waals surface area (Å²) in [4.78, 5) is 2.88. The molecular formula is C17H31NO. The minimum atomic E-state index is 0.420. The molecule has 2 heterocycles. The summed E-state index contributed by atoms with van der Waals surface area (Å²) < 4.78 is 5.61. The third kappa shape index (κ3) is 2.58. The van der Waals surface area contributed by atoms with Gasteiger partial charge in [0.25, 0.3) is 0 Å². The van der Waals surface area contributed by atoms with E-state index in [2.05, 4.69) is 18.7 Å². The molecule has 2 aliphatic heterocycles. The Morgan fingerprint density at radius 1 is 0.947 bits per heavy atom. The number of hydrogen-bond donors (Lipinski definition) is 0. The van der Waals surface area contributed by atoms with Gasteiger partial charge in [-0.15, -0.1) is 0 Å². The van der Waals surface area contributed by atoms with E-state index in [1.54, 1.807) is 0 Å². The van der Waals surface area contributed by atoms with Crippen LogP contribution in [0.15, 0.2) is 0 Å². The van der Waals surface area contributed by atoms with Gasteiger partial charge in [0.1, 0.15) is 0 Å². The standard InChI is InChI=1S/C17H31NO/c1-14(2)18-16-9-7-5-3-4-6-8-15(16)10-11-17(18)12-19-13-17/h14-16H,3-13H2,1-2H3. The fourth-order valence-corrected chi connectivity index (χ4v) is 4.92. The van der Waals surface area contributed by atoms with E-state index in [4.69, 9.17) is 4.74 Å². The third-order valence-electron chi connectivity index (χ3n) is 5.80. The highest BCUT2D eigenvalue weighted by Crippen LogP contribution is 2.45. The molecule has 2 saturated heterocycles. The first-order chi connectivity index (χ1) is 9.23. The van der Waals surface area contributed by atoms with Gasteiger partial charge in [-0.2, -0.15) is 0 Å². The minimum absolute atomic E-state index is 0.420. The zero-order valence-corrected chi connectivity index (χ0v) is 12.9. The normalized spacial score (nSPS) is 36.2. The highest BCUT2D eigenvalue weighted by molar-refractivity contribution is 5.05. The fraction of sp³-hybridized carbons (Fsp3) is 1.00. The second-order valence-corrected chi connectivity index (χ2v) is 7.43. The van der Waals surface area contributed by atoms with Gasteiger partial charge in [-0.05, 0) is 45.4 Å². The van der Waals surface area contributed by atoms with E-state index in [9.17, 15) is 0 Å². The summed E-state index contributed by atoms with van der Waals surface area (Å²) >= 11 is 0. The molecule has 2 nitrogen and oxygen atoms in total. The van der Waals surface area contributed by atoms with Crippen LogP contribution in [0, 0.1) is 5.92 Å². The van der Waals surface area contributed by atoms with Gasteiger partial charge in [0.05, 0.1) is 18.8 Å². The van der Waals surface area contributed by atoms with Crippen molar-refractivity contribution in [2.75, 3.05) is 13.2 Å². The lowest BCUT2D eigenvalue weighted by Crippen LogP contribution is -2.70. The highest BCUT2D eigenvalue weighted by atomic mass is 16.5. The molecule has 0 aromatic carbocycles. The summed E-state index contributed by atoms with van der Waals surface area (Å²) in [5.41, 5.74) is 0.420. The first-order valence-corrected chi connectivity index (χ1v) is 8.59. The molecule has 0 aromatic rings. The Morgan fingerprint density at radius 3 is 2.26 bits per heavy atom. The maximum absolute atomic E-state index is 5.61. The van der Waals surface area contributed by atoms with Gasteiger partial charge in [0.15, 0.2) is 0 Å². The molecule has 19 heavy (non-hydrogen) atoms. The second kappa shape index (κ2) is 5.73. The lowest BCUT2D eigenvalue weighted by molar-refractivity contribution is -0.195. The van der Waals surface area contributed by atoms with Crippen LogP contribution in [0.5, 0.6) is 0 Å². The van der Waals surface area contributed by atoms with Gasteiger partial charge in [-0.3, -0.25) is 4.90 Å². The molecule has 0 radical (unpaired) electrons. The summed E-state index contributed by atoms with van der Waals surface area (Å²) in [5.74, 6) is 0.965. The van der Waals surface area contributed by atoms with E-state index in [0.29, 0.717) is 11.6 Å². The maximum atomic E-state index is 5.61. The summed E-state index contributed by atoms with van der Waals surface area (Å²) in [6.45, 7) is 6.78. The van der Waals surface area contributed by atoms with Gasteiger partial charge in [0.2, 0.25) is 0 Å². The van der Waals surface area contributed by atoms with Crippen LogP contribution >= 0.6 is 0 Å². The number of hydrogen-bond acceptors (Lipinski definition) is 2. The Hall–Kier alpha value is -0.0800. The topological polar surface area (TPSA) is 12.5 Å². The number of piperidine rings is 1. The van der Waals surface area contributed by atoms with Crippen LogP contribution in [0.25, 0.3) is 0 Å². The third-order valence-corrected chi connectivity index (χ3v) is 5.80. The van der Waals surface area contributed by atoms with Gasteiger partial charge in [0, 0.05) is 12.1 Å². The van der Waals surface area contributed by atoms with E-state index in [1.807, 2.05) is 0 Å².